The van der Waals surface area contributed by atoms with Crippen molar-refractivity contribution < 1.29 is 9.90 Å². The number of aryl methyl sites for hydroxylation is 1. The summed E-state index contributed by atoms with van der Waals surface area (Å²) in [5, 5.41) is 10.8. The molecule has 1 heterocycles. The standard InChI is InChI=1S/C24H20BrNO2/c1-16-10-12-17(13-11-16)15-26-22(19-8-5-9-20(25)14-19)21(23(27)24(26)28)18-6-3-2-4-7-18/h2-14,22,27H,15H2,1H3/t22-/m1/s1. The number of aliphatic hydroxyl groups is 1. The van der Waals surface area contributed by atoms with Crippen LogP contribution < -0.4 is 0 Å². The Kier molecular flexibility index (Phi) is 5.05. The molecule has 0 fully saturated rings. The third-order valence-corrected chi connectivity index (χ3v) is 5.52. The van der Waals surface area contributed by atoms with Gasteiger partial charge in [-0.2, -0.15) is 0 Å². The zero-order chi connectivity index (χ0) is 19.7. The molecule has 1 atom stereocenters. The minimum absolute atomic E-state index is 0.178. The van der Waals surface area contributed by atoms with E-state index in [1.165, 1.54) is 5.56 Å². The monoisotopic (exact) mass is 433 g/mol. The molecule has 0 saturated carbocycles. The van der Waals surface area contributed by atoms with E-state index in [0.717, 1.165) is 21.2 Å². The Labute approximate surface area is 173 Å². The van der Waals surface area contributed by atoms with Gasteiger partial charge < -0.3 is 10.0 Å². The van der Waals surface area contributed by atoms with Crippen LogP contribution in [0.3, 0.4) is 0 Å². The van der Waals surface area contributed by atoms with Gasteiger partial charge in [0.05, 0.1) is 6.04 Å². The van der Waals surface area contributed by atoms with Crippen molar-refractivity contribution in [3.8, 4) is 0 Å². The molecule has 0 spiro atoms. The largest absolute Gasteiger partial charge is 0.503 e. The van der Waals surface area contributed by atoms with Crippen LogP contribution in [0.1, 0.15) is 28.3 Å². The summed E-state index contributed by atoms with van der Waals surface area (Å²) in [6.45, 7) is 2.46. The number of aliphatic hydroxyl groups excluding tert-OH is 1. The van der Waals surface area contributed by atoms with Gasteiger partial charge in [0.15, 0.2) is 5.76 Å². The van der Waals surface area contributed by atoms with Crippen molar-refractivity contribution >= 4 is 27.4 Å². The van der Waals surface area contributed by atoms with E-state index in [1.54, 1.807) is 4.90 Å². The van der Waals surface area contributed by atoms with E-state index < -0.39 is 0 Å². The third kappa shape index (κ3) is 3.48. The summed E-state index contributed by atoms with van der Waals surface area (Å²) in [5.74, 6) is -0.521. The van der Waals surface area contributed by atoms with Crippen molar-refractivity contribution in [3.63, 3.8) is 0 Å². The molecule has 140 valence electrons. The van der Waals surface area contributed by atoms with Gasteiger partial charge in [0.1, 0.15) is 0 Å². The van der Waals surface area contributed by atoms with Crippen molar-refractivity contribution in [3.05, 3.63) is 111 Å². The van der Waals surface area contributed by atoms with Crippen LogP contribution in [0, 0.1) is 6.92 Å². The second-order valence-electron chi connectivity index (χ2n) is 7.00. The van der Waals surface area contributed by atoms with Crippen molar-refractivity contribution in [2.75, 3.05) is 0 Å². The van der Waals surface area contributed by atoms with Crippen molar-refractivity contribution in [2.24, 2.45) is 0 Å². The summed E-state index contributed by atoms with van der Waals surface area (Å²) in [5.41, 5.74) is 4.66. The maximum absolute atomic E-state index is 13.0. The van der Waals surface area contributed by atoms with Gasteiger partial charge in [-0.05, 0) is 35.7 Å². The highest BCUT2D eigenvalue weighted by Gasteiger charge is 2.40. The Balaban J connectivity index is 1.81. The number of nitrogens with zero attached hydrogens (tertiary/aromatic N) is 1. The second kappa shape index (κ2) is 7.64. The second-order valence-corrected chi connectivity index (χ2v) is 7.92. The van der Waals surface area contributed by atoms with E-state index in [2.05, 4.69) is 15.9 Å². The topological polar surface area (TPSA) is 40.5 Å². The van der Waals surface area contributed by atoms with Crippen LogP contribution in [-0.2, 0) is 11.3 Å². The molecule has 0 aliphatic carbocycles. The van der Waals surface area contributed by atoms with Gasteiger partial charge in [0, 0.05) is 16.6 Å². The number of hydrogen-bond acceptors (Lipinski definition) is 2. The Morgan fingerprint density at radius 2 is 1.68 bits per heavy atom. The van der Waals surface area contributed by atoms with Gasteiger partial charge in [-0.25, -0.2) is 0 Å². The summed E-state index contributed by atoms with van der Waals surface area (Å²) < 4.78 is 0.937. The van der Waals surface area contributed by atoms with E-state index in [0.29, 0.717) is 12.1 Å². The molecular weight excluding hydrogens is 414 g/mol. The molecule has 0 radical (unpaired) electrons. The molecule has 0 bridgehead atoms. The molecular formula is C24H20BrNO2. The predicted molar refractivity (Wildman–Crippen MR) is 115 cm³/mol. The molecule has 1 amide bonds. The van der Waals surface area contributed by atoms with Gasteiger partial charge in [0.2, 0.25) is 0 Å². The van der Waals surface area contributed by atoms with Crippen LogP contribution in [-0.4, -0.2) is 15.9 Å². The fourth-order valence-corrected chi connectivity index (χ4v) is 4.06. The van der Waals surface area contributed by atoms with Gasteiger partial charge >= 0.3 is 0 Å². The van der Waals surface area contributed by atoms with Crippen LogP contribution in [0.25, 0.3) is 5.57 Å². The first kappa shape index (κ1) is 18.5. The van der Waals surface area contributed by atoms with Crippen LogP contribution in [0.2, 0.25) is 0 Å². The normalized spacial score (nSPS) is 16.7. The highest BCUT2D eigenvalue weighted by atomic mass is 79.9. The molecule has 1 N–H and O–H groups in total. The van der Waals surface area contributed by atoms with E-state index in [-0.39, 0.29) is 17.7 Å². The average Bonchev–Trinajstić information content (AvgIpc) is 2.95. The highest BCUT2D eigenvalue weighted by Crippen LogP contribution is 2.44. The van der Waals surface area contributed by atoms with E-state index in [1.807, 2.05) is 85.8 Å². The number of rotatable bonds is 4. The van der Waals surface area contributed by atoms with Crippen LogP contribution in [0.4, 0.5) is 0 Å². The SMILES string of the molecule is Cc1ccc(CN2C(=O)C(O)=C(c3ccccc3)[C@H]2c2cccc(Br)c2)cc1. The molecule has 4 rings (SSSR count). The molecule has 28 heavy (non-hydrogen) atoms. The molecule has 1 aliphatic heterocycles. The number of halogens is 1. The smallest absolute Gasteiger partial charge is 0.290 e. The summed E-state index contributed by atoms with van der Waals surface area (Å²) >= 11 is 3.53. The average molecular weight is 434 g/mol. The number of benzene rings is 3. The lowest BCUT2D eigenvalue weighted by molar-refractivity contribution is -0.130. The van der Waals surface area contributed by atoms with Gasteiger partial charge in [-0.15, -0.1) is 0 Å². The van der Waals surface area contributed by atoms with Crippen molar-refractivity contribution in [2.45, 2.75) is 19.5 Å². The first-order valence-electron chi connectivity index (χ1n) is 9.15. The number of carbonyl (C=O) groups is 1. The molecule has 3 nitrogen and oxygen atoms in total. The first-order chi connectivity index (χ1) is 13.5. The molecule has 0 saturated heterocycles. The lowest BCUT2D eigenvalue weighted by atomic mass is 9.93. The fraction of sp³-hybridized carbons (Fsp3) is 0.125. The molecule has 0 unspecified atom stereocenters. The van der Waals surface area contributed by atoms with Crippen molar-refractivity contribution in [1.29, 1.82) is 0 Å². The molecule has 3 aromatic rings. The fourth-order valence-electron chi connectivity index (χ4n) is 3.64. The number of amides is 1. The van der Waals surface area contributed by atoms with E-state index >= 15 is 0 Å². The van der Waals surface area contributed by atoms with E-state index in [4.69, 9.17) is 0 Å². The Morgan fingerprint density at radius 1 is 0.964 bits per heavy atom. The quantitative estimate of drug-likeness (QED) is 0.563. The minimum Gasteiger partial charge on any atom is -0.503 e. The molecule has 3 aromatic carbocycles. The van der Waals surface area contributed by atoms with Crippen LogP contribution in [0.5, 0.6) is 0 Å². The maximum atomic E-state index is 13.0. The lowest BCUT2D eigenvalue weighted by Gasteiger charge is -2.27. The zero-order valence-electron chi connectivity index (χ0n) is 15.5. The van der Waals surface area contributed by atoms with Gasteiger partial charge in [0.25, 0.3) is 5.91 Å². The van der Waals surface area contributed by atoms with Gasteiger partial charge in [-0.1, -0.05) is 88.2 Å². The van der Waals surface area contributed by atoms with E-state index in [9.17, 15) is 9.90 Å². The Hall–Kier alpha value is -2.85. The Morgan fingerprint density at radius 3 is 2.36 bits per heavy atom. The molecule has 1 aliphatic rings. The van der Waals surface area contributed by atoms with Crippen molar-refractivity contribution in [1.82, 2.24) is 4.90 Å². The third-order valence-electron chi connectivity index (χ3n) is 5.03. The minimum atomic E-state index is -0.353. The maximum Gasteiger partial charge on any atom is 0.290 e. The number of hydrogen-bond donors (Lipinski definition) is 1. The zero-order valence-corrected chi connectivity index (χ0v) is 17.1. The highest BCUT2D eigenvalue weighted by molar-refractivity contribution is 9.10. The predicted octanol–water partition coefficient (Wildman–Crippen LogP) is 5.81. The Bertz CT molecular complexity index is 1040. The lowest BCUT2D eigenvalue weighted by Crippen LogP contribution is -2.29. The van der Waals surface area contributed by atoms with Crippen LogP contribution >= 0.6 is 15.9 Å². The van der Waals surface area contributed by atoms with Crippen LogP contribution in [0.15, 0.2) is 89.1 Å². The summed E-state index contributed by atoms with van der Waals surface area (Å²) in [7, 11) is 0. The van der Waals surface area contributed by atoms with Gasteiger partial charge in [-0.3, -0.25) is 4.79 Å². The molecule has 0 aromatic heterocycles. The summed E-state index contributed by atoms with van der Waals surface area (Å²) in [6, 6.07) is 25.3. The molecule has 4 heteroatoms. The summed E-state index contributed by atoms with van der Waals surface area (Å²) in [6.07, 6.45) is 0. The first-order valence-corrected chi connectivity index (χ1v) is 9.94. The number of carbonyl (C=O) groups excluding carboxylic acids is 1. The summed E-state index contributed by atoms with van der Waals surface area (Å²) in [4.78, 5) is 14.8.